The van der Waals surface area contributed by atoms with Gasteiger partial charge in [-0.2, -0.15) is 0 Å². The van der Waals surface area contributed by atoms with Crippen molar-refractivity contribution >= 4 is 34.7 Å². The number of nitro groups is 1. The molecule has 1 N–H and O–H groups in total. The van der Waals surface area contributed by atoms with Crippen LogP contribution in [0.1, 0.15) is 63.1 Å². The maximum atomic E-state index is 13.2. The minimum atomic E-state index is -1.07. The fourth-order valence-corrected chi connectivity index (χ4v) is 4.77. The van der Waals surface area contributed by atoms with Crippen molar-refractivity contribution in [1.82, 2.24) is 9.80 Å². The standard InChI is InChI=1S/C28H34ClN3O5/c1-3-5-16-30(17-6-4-2)18-9-19-31-25(22-10-7-8-11-23(22)32(36)37)24(27(34)28(31)35)26(33)20-12-14-21(29)15-13-20/h7-8,10-15,25,33H,3-6,9,16-19H2,1-2H3/b26-24-. The average Bonchev–Trinajstić information content (AvgIpc) is 3.14. The molecule has 2 aromatic carbocycles. The van der Waals surface area contributed by atoms with Gasteiger partial charge in [-0.15, -0.1) is 0 Å². The maximum absolute atomic E-state index is 13.2. The number of unbranched alkanes of at least 4 members (excludes halogenated alkanes) is 2. The van der Waals surface area contributed by atoms with Gasteiger partial charge in [0.05, 0.1) is 22.1 Å². The number of rotatable bonds is 13. The van der Waals surface area contributed by atoms with Gasteiger partial charge in [0.15, 0.2) is 0 Å². The summed E-state index contributed by atoms with van der Waals surface area (Å²) < 4.78 is 0. The van der Waals surface area contributed by atoms with Crippen LogP contribution in [0.5, 0.6) is 0 Å². The highest BCUT2D eigenvalue weighted by Gasteiger charge is 2.47. The summed E-state index contributed by atoms with van der Waals surface area (Å²) in [6.45, 7) is 7.17. The number of nitro benzene ring substituents is 1. The Morgan fingerprint density at radius 1 is 1.00 bits per heavy atom. The number of halogens is 1. The van der Waals surface area contributed by atoms with Gasteiger partial charge in [-0.05, 0) is 69.2 Å². The fraction of sp³-hybridized carbons (Fsp3) is 0.429. The first-order valence-corrected chi connectivity index (χ1v) is 13.2. The lowest BCUT2D eigenvalue weighted by Gasteiger charge is -2.27. The molecule has 0 saturated carbocycles. The van der Waals surface area contributed by atoms with Gasteiger partial charge >= 0.3 is 0 Å². The number of amides is 1. The third-order valence-corrected chi connectivity index (χ3v) is 6.87. The number of para-hydroxylation sites is 1. The Balaban J connectivity index is 1.99. The monoisotopic (exact) mass is 527 g/mol. The van der Waals surface area contributed by atoms with E-state index in [-0.39, 0.29) is 29.1 Å². The van der Waals surface area contributed by atoms with Gasteiger partial charge in [-0.1, -0.05) is 50.4 Å². The van der Waals surface area contributed by atoms with Gasteiger partial charge in [-0.25, -0.2) is 0 Å². The third-order valence-electron chi connectivity index (χ3n) is 6.61. The van der Waals surface area contributed by atoms with Crippen LogP contribution >= 0.6 is 11.6 Å². The highest BCUT2D eigenvalue weighted by atomic mass is 35.5. The van der Waals surface area contributed by atoms with E-state index in [2.05, 4.69) is 18.7 Å². The molecule has 198 valence electrons. The van der Waals surface area contributed by atoms with E-state index in [4.69, 9.17) is 11.6 Å². The first kappa shape index (κ1) is 28.3. The van der Waals surface area contributed by atoms with Crippen molar-refractivity contribution in [2.75, 3.05) is 26.2 Å². The molecule has 9 heteroatoms. The van der Waals surface area contributed by atoms with Crippen LogP contribution in [0.4, 0.5) is 5.69 Å². The Morgan fingerprint density at radius 2 is 1.59 bits per heavy atom. The number of carbonyl (C=O) groups excluding carboxylic acids is 2. The molecule has 1 atom stereocenters. The number of carbonyl (C=O) groups is 2. The molecule has 1 saturated heterocycles. The summed E-state index contributed by atoms with van der Waals surface area (Å²) in [5.74, 6) is -2.01. The van der Waals surface area contributed by atoms with Crippen LogP contribution in [0.2, 0.25) is 5.02 Å². The maximum Gasteiger partial charge on any atom is 0.295 e. The van der Waals surface area contributed by atoms with Crippen LogP contribution in [0.3, 0.4) is 0 Å². The SMILES string of the molecule is CCCCN(CCCC)CCCN1C(=O)C(=O)/C(=C(\O)c2ccc(Cl)cc2)C1c1ccccc1[N+](=O)[O-]. The van der Waals surface area contributed by atoms with Crippen molar-refractivity contribution in [2.24, 2.45) is 0 Å². The zero-order chi connectivity index (χ0) is 26.9. The molecule has 1 unspecified atom stereocenters. The highest BCUT2D eigenvalue weighted by Crippen LogP contribution is 2.42. The molecule has 1 fully saturated rings. The van der Waals surface area contributed by atoms with E-state index in [9.17, 15) is 24.8 Å². The number of likely N-dealkylation sites (tertiary alicyclic amines) is 1. The van der Waals surface area contributed by atoms with Gasteiger partial charge in [-0.3, -0.25) is 19.7 Å². The summed E-state index contributed by atoms with van der Waals surface area (Å²) >= 11 is 5.97. The molecule has 37 heavy (non-hydrogen) atoms. The molecule has 2 aromatic rings. The van der Waals surface area contributed by atoms with Crippen molar-refractivity contribution in [1.29, 1.82) is 0 Å². The summed E-state index contributed by atoms with van der Waals surface area (Å²) in [7, 11) is 0. The van der Waals surface area contributed by atoms with Crippen LogP contribution in [0.25, 0.3) is 5.76 Å². The number of ketones is 1. The summed E-state index contributed by atoms with van der Waals surface area (Å²) in [5.41, 5.74) is 0.122. The van der Waals surface area contributed by atoms with Crippen molar-refractivity contribution in [3.8, 4) is 0 Å². The predicted octanol–water partition coefficient (Wildman–Crippen LogP) is 5.96. The van der Waals surface area contributed by atoms with Gasteiger partial charge in [0, 0.05) is 23.2 Å². The number of benzene rings is 2. The van der Waals surface area contributed by atoms with E-state index in [1.807, 2.05) is 0 Å². The first-order chi connectivity index (χ1) is 17.8. The molecule has 0 bridgehead atoms. The molecule has 1 heterocycles. The normalized spacial score (nSPS) is 17.1. The fourth-order valence-electron chi connectivity index (χ4n) is 4.65. The van der Waals surface area contributed by atoms with Gasteiger partial charge in [0.25, 0.3) is 17.4 Å². The molecule has 8 nitrogen and oxygen atoms in total. The second-order valence-corrected chi connectivity index (χ2v) is 9.65. The molecule has 1 amide bonds. The summed E-state index contributed by atoms with van der Waals surface area (Å²) in [6.07, 6.45) is 4.91. The van der Waals surface area contributed by atoms with E-state index in [1.165, 1.54) is 23.1 Å². The van der Waals surface area contributed by atoms with E-state index in [1.54, 1.807) is 30.3 Å². The predicted molar refractivity (Wildman–Crippen MR) is 144 cm³/mol. The second kappa shape index (κ2) is 13.4. The van der Waals surface area contributed by atoms with E-state index < -0.39 is 22.7 Å². The lowest BCUT2D eigenvalue weighted by atomic mass is 9.94. The van der Waals surface area contributed by atoms with E-state index >= 15 is 0 Å². The molecule has 0 radical (unpaired) electrons. The zero-order valence-corrected chi connectivity index (χ0v) is 22.1. The second-order valence-electron chi connectivity index (χ2n) is 9.22. The van der Waals surface area contributed by atoms with Gasteiger partial charge in [0.2, 0.25) is 0 Å². The van der Waals surface area contributed by atoms with Crippen LogP contribution in [-0.2, 0) is 9.59 Å². The Morgan fingerprint density at radius 3 is 2.19 bits per heavy atom. The number of aliphatic hydroxyl groups is 1. The molecule has 3 rings (SSSR count). The molecule has 0 aliphatic carbocycles. The minimum absolute atomic E-state index is 0.157. The topological polar surface area (TPSA) is 104 Å². The summed E-state index contributed by atoms with van der Waals surface area (Å²) in [6, 6.07) is 11.2. The van der Waals surface area contributed by atoms with Crippen molar-refractivity contribution in [3.63, 3.8) is 0 Å². The number of hydrogen-bond acceptors (Lipinski definition) is 6. The average molecular weight is 528 g/mol. The molecule has 0 spiro atoms. The van der Waals surface area contributed by atoms with Crippen molar-refractivity contribution in [2.45, 2.75) is 52.0 Å². The van der Waals surface area contributed by atoms with Crippen molar-refractivity contribution < 1.29 is 19.6 Å². The van der Waals surface area contributed by atoms with Crippen molar-refractivity contribution in [3.05, 3.63) is 80.4 Å². The van der Waals surface area contributed by atoms with Crippen LogP contribution < -0.4 is 0 Å². The first-order valence-electron chi connectivity index (χ1n) is 12.8. The number of aliphatic hydroxyl groups excluding tert-OH is 1. The molecular formula is C28H34ClN3O5. The lowest BCUT2D eigenvalue weighted by Crippen LogP contribution is -2.34. The quantitative estimate of drug-likeness (QED) is 0.113. The highest BCUT2D eigenvalue weighted by molar-refractivity contribution is 6.46. The Labute approximate surface area is 222 Å². The van der Waals surface area contributed by atoms with Crippen LogP contribution in [-0.4, -0.2) is 57.7 Å². The summed E-state index contributed by atoms with van der Waals surface area (Å²) in [5, 5.41) is 23.4. The Hall–Kier alpha value is -3.23. The Bertz CT molecular complexity index is 1140. The molecule has 0 aromatic heterocycles. The van der Waals surface area contributed by atoms with Gasteiger partial charge in [0.1, 0.15) is 5.76 Å². The van der Waals surface area contributed by atoms with Crippen LogP contribution in [0.15, 0.2) is 54.1 Å². The smallest absolute Gasteiger partial charge is 0.295 e. The number of nitrogens with zero attached hydrogens (tertiary/aromatic N) is 3. The number of Topliss-reactive ketones (excluding diaryl/α,β-unsaturated/α-hetero) is 1. The third kappa shape index (κ3) is 6.76. The molecule has 1 aliphatic heterocycles. The van der Waals surface area contributed by atoms with Crippen LogP contribution in [0, 0.1) is 10.1 Å². The largest absolute Gasteiger partial charge is 0.507 e. The number of hydrogen-bond donors (Lipinski definition) is 1. The van der Waals surface area contributed by atoms with E-state index in [0.717, 1.165) is 45.3 Å². The minimum Gasteiger partial charge on any atom is -0.507 e. The summed E-state index contributed by atoms with van der Waals surface area (Å²) in [4.78, 5) is 41.5. The Kier molecular flexibility index (Phi) is 10.2. The lowest BCUT2D eigenvalue weighted by molar-refractivity contribution is -0.385. The zero-order valence-electron chi connectivity index (χ0n) is 21.4. The molecular weight excluding hydrogens is 494 g/mol. The molecule has 1 aliphatic rings. The van der Waals surface area contributed by atoms with Gasteiger partial charge < -0.3 is 14.9 Å². The van der Waals surface area contributed by atoms with E-state index in [0.29, 0.717) is 17.0 Å².